The van der Waals surface area contributed by atoms with Gasteiger partial charge in [-0.1, -0.05) is 6.07 Å². The fourth-order valence-corrected chi connectivity index (χ4v) is 2.71. The summed E-state index contributed by atoms with van der Waals surface area (Å²) in [6.45, 7) is 1.74. The lowest BCUT2D eigenvalue weighted by Gasteiger charge is -2.21. The molecule has 2 amide bonds. The van der Waals surface area contributed by atoms with E-state index in [0.29, 0.717) is 16.9 Å². The van der Waals surface area contributed by atoms with Gasteiger partial charge in [-0.2, -0.15) is 0 Å². The van der Waals surface area contributed by atoms with Crippen molar-refractivity contribution in [1.82, 2.24) is 10.3 Å². The first-order valence-electron chi connectivity index (χ1n) is 8.05. The van der Waals surface area contributed by atoms with Gasteiger partial charge in [0.2, 0.25) is 5.91 Å². The lowest BCUT2D eigenvalue weighted by atomic mass is 9.97. The molecule has 0 spiro atoms. The molecule has 1 aromatic heterocycles. The van der Waals surface area contributed by atoms with Crippen molar-refractivity contribution >= 4 is 48.0 Å². The Balaban J connectivity index is 0.00000169. The second-order valence-electron chi connectivity index (χ2n) is 5.78. The molecule has 0 unspecified atom stereocenters. The van der Waals surface area contributed by atoms with E-state index in [1.165, 1.54) is 0 Å². The van der Waals surface area contributed by atoms with Gasteiger partial charge in [-0.3, -0.25) is 14.6 Å². The second-order valence-corrected chi connectivity index (χ2v) is 5.78. The Morgan fingerprint density at radius 2 is 1.65 bits per heavy atom. The van der Waals surface area contributed by atoms with E-state index in [1.807, 2.05) is 0 Å². The summed E-state index contributed by atoms with van der Waals surface area (Å²) in [5, 5.41) is 8.96. The van der Waals surface area contributed by atoms with Gasteiger partial charge in [0.1, 0.15) is 0 Å². The van der Waals surface area contributed by atoms with Gasteiger partial charge in [0, 0.05) is 35.2 Å². The van der Waals surface area contributed by atoms with Gasteiger partial charge < -0.3 is 16.0 Å². The van der Waals surface area contributed by atoms with Gasteiger partial charge in [-0.05, 0) is 56.3 Å². The normalized spacial score (nSPS) is 13.7. The van der Waals surface area contributed by atoms with Crippen LogP contribution >= 0.6 is 24.8 Å². The number of halogens is 2. The predicted octanol–water partition coefficient (Wildman–Crippen LogP) is 3.12. The molecule has 1 aromatic carbocycles. The molecule has 6 nitrogen and oxygen atoms in total. The molecule has 8 heteroatoms. The molecular formula is C18H22Cl2N4O2. The Morgan fingerprint density at radius 3 is 2.35 bits per heavy atom. The van der Waals surface area contributed by atoms with Crippen molar-refractivity contribution in [3.63, 3.8) is 0 Å². The van der Waals surface area contributed by atoms with Crippen molar-refractivity contribution in [2.75, 3.05) is 23.7 Å². The molecule has 0 saturated carbocycles. The number of pyridine rings is 1. The zero-order chi connectivity index (χ0) is 16.8. The maximum atomic E-state index is 12.3. The van der Waals surface area contributed by atoms with Crippen LogP contribution in [0, 0.1) is 5.92 Å². The molecule has 3 rings (SSSR count). The summed E-state index contributed by atoms with van der Waals surface area (Å²) in [6, 6.07) is 10.4. The SMILES string of the molecule is Cl.Cl.O=C(Nc1ccncc1)c1cccc(NC(=O)C2CCNCC2)c1. The topological polar surface area (TPSA) is 83.1 Å². The monoisotopic (exact) mass is 396 g/mol. The van der Waals surface area contributed by atoms with Crippen LogP contribution in [0.4, 0.5) is 11.4 Å². The lowest BCUT2D eigenvalue weighted by Crippen LogP contribution is -2.34. The highest BCUT2D eigenvalue weighted by molar-refractivity contribution is 6.05. The molecule has 140 valence electrons. The summed E-state index contributed by atoms with van der Waals surface area (Å²) in [5.74, 6) is -0.178. The van der Waals surface area contributed by atoms with E-state index in [2.05, 4.69) is 20.9 Å². The van der Waals surface area contributed by atoms with Crippen LogP contribution in [0.5, 0.6) is 0 Å². The van der Waals surface area contributed by atoms with Gasteiger partial charge in [0.05, 0.1) is 0 Å². The third-order valence-electron chi connectivity index (χ3n) is 4.04. The van der Waals surface area contributed by atoms with Crippen LogP contribution in [0.1, 0.15) is 23.2 Å². The van der Waals surface area contributed by atoms with E-state index in [-0.39, 0.29) is 42.5 Å². The molecule has 1 saturated heterocycles. The van der Waals surface area contributed by atoms with E-state index in [1.54, 1.807) is 48.8 Å². The zero-order valence-electron chi connectivity index (χ0n) is 14.1. The van der Waals surface area contributed by atoms with Crippen molar-refractivity contribution in [3.05, 3.63) is 54.4 Å². The van der Waals surface area contributed by atoms with Crippen LogP contribution in [-0.2, 0) is 4.79 Å². The highest BCUT2D eigenvalue weighted by atomic mass is 35.5. The number of carbonyl (C=O) groups is 2. The van der Waals surface area contributed by atoms with Gasteiger partial charge in [0.25, 0.3) is 5.91 Å². The number of piperidine rings is 1. The molecule has 26 heavy (non-hydrogen) atoms. The number of nitrogens with zero attached hydrogens (tertiary/aromatic N) is 1. The molecule has 0 bridgehead atoms. The number of nitrogens with one attached hydrogen (secondary N) is 3. The van der Waals surface area contributed by atoms with E-state index in [4.69, 9.17) is 0 Å². The van der Waals surface area contributed by atoms with Crippen molar-refractivity contribution < 1.29 is 9.59 Å². The highest BCUT2D eigenvalue weighted by Gasteiger charge is 2.21. The Morgan fingerprint density at radius 1 is 0.962 bits per heavy atom. The number of anilines is 2. The van der Waals surface area contributed by atoms with Gasteiger partial charge in [-0.25, -0.2) is 0 Å². The second kappa shape index (κ2) is 10.8. The fourth-order valence-electron chi connectivity index (χ4n) is 2.71. The molecular weight excluding hydrogens is 375 g/mol. The first-order valence-corrected chi connectivity index (χ1v) is 8.05. The third-order valence-corrected chi connectivity index (χ3v) is 4.04. The average molecular weight is 397 g/mol. The van der Waals surface area contributed by atoms with Crippen molar-refractivity contribution in [1.29, 1.82) is 0 Å². The summed E-state index contributed by atoms with van der Waals surface area (Å²) in [7, 11) is 0. The first kappa shape index (κ1) is 21.9. The van der Waals surface area contributed by atoms with Crippen LogP contribution in [-0.4, -0.2) is 29.9 Å². The molecule has 2 aromatic rings. The summed E-state index contributed by atoms with van der Waals surface area (Å²) >= 11 is 0. The minimum Gasteiger partial charge on any atom is -0.326 e. The number of hydrogen-bond donors (Lipinski definition) is 3. The lowest BCUT2D eigenvalue weighted by molar-refractivity contribution is -0.120. The minimum absolute atomic E-state index is 0. The largest absolute Gasteiger partial charge is 0.326 e. The molecule has 0 aliphatic carbocycles. The van der Waals surface area contributed by atoms with Gasteiger partial charge >= 0.3 is 0 Å². The zero-order valence-corrected chi connectivity index (χ0v) is 15.7. The molecule has 1 aliphatic heterocycles. The maximum absolute atomic E-state index is 12.3. The standard InChI is InChI=1S/C18H20N4O2.2ClH/c23-17(13-4-8-19-9-5-13)22-16-3-1-2-14(12-16)18(24)21-15-6-10-20-11-7-15;;/h1-3,6-7,10-13,19H,4-5,8-9H2,(H,22,23)(H,20,21,24);2*1H. The number of carbonyl (C=O) groups excluding carboxylic acids is 2. The molecule has 3 N–H and O–H groups in total. The van der Waals surface area contributed by atoms with Crippen molar-refractivity contribution in [2.45, 2.75) is 12.8 Å². The third kappa shape index (κ3) is 5.98. The quantitative estimate of drug-likeness (QED) is 0.741. The van der Waals surface area contributed by atoms with E-state index in [0.717, 1.165) is 25.9 Å². The molecule has 1 aliphatic rings. The van der Waals surface area contributed by atoms with Gasteiger partial charge in [-0.15, -0.1) is 24.8 Å². The smallest absolute Gasteiger partial charge is 0.255 e. The number of benzene rings is 1. The molecule has 0 radical (unpaired) electrons. The Bertz CT molecular complexity index is 722. The average Bonchev–Trinajstić information content (AvgIpc) is 2.63. The van der Waals surface area contributed by atoms with Crippen molar-refractivity contribution in [2.24, 2.45) is 5.92 Å². The number of aromatic nitrogens is 1. The Labute approximate surface area is 165 Å². The van der Waals surface area contributed by atoms with E-state index >= 15 is 0 Å². The maximum Gasteiger partial charge on any atom is 0.255 e. The summed E-state index contributed by atoms with van der Waals surface area (Å²) in [4.78, 5) is 28.5. The van der Waals surface area contributed by atoms with Crippen LogP contribution in [0.2, 0.25) is 0 Å². The number of hydrogen-bond acceptors (Lipinski definition) is 4. The first-order chi connectivity index (χ1) is 11.7. The Kier molecular flexibility index (Phi) is 9.05. The van der Waals surface area contributed by atoms with E-state index in [9.17, 15) is 9.59 Å². The molecule has 2 heterocycles. The number of rotatable bonds is 4. The van der Waals surface area contributed by atoms with E-state index < -0.39 is 0 Å². The van der Waals surface area contributed by atoms with Crippen LogP contribution in [0.3, 0.4) is 0 Å². The summed E-state index contributed by atoms with van der Waals surface area (Å²) in [5.41, 5.74) is 1.81. The van der Waals surface area contributed by atoms with Crippen molar-refractivity contribution in [3.8, 4) is 0 Å². The summed E-state index contributed by atoms with van der Waals surface area (Å²) < 4.78 is 0. The van der Waals surface area contributed by atoms with Crippen LogP contribution in [0.25, 0.3) is 0 Å². The van der Waals surface area contributed by atoms with Crippen LogP contribution < -0.4 is 16.0 Å². The Hall–Kier alpha value is -2.15. The fraction of sp³-hybridized carbons (Fsp3) is 0.278. The van der Waals surface area contributed by atoms with Crippen LogP contribution in [0.15, 0.2) is 48.8 Å². The molecule has 0 atom stereocenters. The predicted molar refractivity (Wildman–Crippen MR) is 107 cm³/mol. The van der Waals surface area contributed by atoms with Gasteiger partial charge in [0.15, 0.2) is 0 Å². The molecule has 1 fully saturated rings. The summed E-state index contributed by atoms with van der Waals surface area (Å²) in [6.07, 6.45) is 4.92. The number of amides is 2. The minimum atomic E-state index is -0.223. The highest BCUT2D eigenvalue weighted by Crippen LogP contribution is 2.17.